The van der Waals surface area contributed by atoms with Gasteiger partial charge in [0.15, 0.2) is 12.4 Å². The largest absolute Gasteiger partial charge is 0.456 e. The second-order valence-electron chi connectivity index (χ2n) is 5.83. The van der Waals surface area contributed by atoms with Gasteiger partial charge in [-0.25, -0.2) is 4.98 Å². The van der Waals surface area contributed by atoms with E-state index in [0.717, 1.165) is 0 Å². The molecule has 0 spiro atoms. The molecule has 7 heteroatoms. The van der Waals surface area contributed by atoms with Gasteiger partial charge in [0, 0.05) is 0 Å². The van der Waals surface area contributed by atoms with Crippen molar-refractivity contribution in [2.45, 2.75) is 34.1 Å². The molecule has 21 heavy (non-hydrogen) atoms. The molecule has 1 aromatic heterocycles. The number of hydrogen-bond acceptors (Lipinski definition) is 4. The highest BCUT2D eigenvalue weighted by Gasteiger charge is 2.18. The predicted octanol–water partition coefficient (Wildman–Crippen LogP) is 3.61. The quantitative estimate of drug-likeness (QED) is 0.855. The van der Waals surface area contributed by atoms with Crippen LogP contribution in [0, 0.1) is 12.3 Å². The molecular weight excluding hydrogens is 315 g/mol. The first-order valence-electron chi connectivity index (χ1n) is 6.36. The fraction of sp³-hybridized carbons (Fsp3) is 0.500. The number of ether oxygens (including phenoxy) is 1. The van der Waals surface area contributed by atoms with Crippen LogP contribution in [-0.2, 0) is 14.3 Å². The van der Waals surface area contributed by atoms with Gasteiger partial charge in [-0.1, -0.05) is 44.0 Å². The number of aryl methyl sites for hydroxylation is 1. The SMILES string of the molecule is Cc1nc(NC(=O)COC(=O)CC(C)(C)C)c(Cl)cc1Cl. The summed E-state index contributed by atoms with van der Waals surface area (Å²) in [6.45, 7) is 7.05. The number of halogens is 2. The second-order valence-corrected chi connectivity index (χ2v) is 6.65. The Morgan fingerprint density at radius 1 is 1.29 bits per heavy atom. The molecule has 0 radical (unpaired) electrons. The predicted molar refractivity (Wildman–Crippen MR) is 82.7 cm³/mol. The van der Waals surface area contributed by atoms with Gasteiger partial charge in [-0.15, -0.1) is 0 Å². The lowest BCUT2D eigenvalue weighted by Crippen LogP contribution is -2.23. The monoisotopic (exact) mass is 332 g/mol. The maximum absolute atomic E-state index is 11.7. The number of rotatable bonds is 4. The number of carbonyl (C=O) groups is 2. The van der Waals surface area contributed by atoms with Crippen LogP contribution in [0.15, 0.2) is 6.07 Å². The molecule has 1 amide bonds. The Hall–Kier alpha value is -1.33. The molecule has 1 heterocycles. The first-order chi connectivity index (χ1) is 9.58. The van der Waals surface area contributed by atoms with E-state index in [0.29, 0.717) is 10.7 Å². The Balaban J connectivity index is 2.55. The number of carbonyl (C=O) groups excluding carboxylic acids is 2. The molecule has 1 rings (SSSR count). The molecule has 0 atom stereocenters. The van der Waals surface area contributed by atoms with E-state index in [1.807, 2.05) is 20.8 Å². The molecule has 0 saturated carbocycles. The Labute approximate surface area is 134 Å². The van der Waals surface area contributed by atoms with Crippen LogP contribution in [0.5, 0.6) is 0 Å². The van der Waals surface area contributed by atoms with E-state index in [4.69, 9.17) is 27.9 Å². The number of anilines is 1. The first-order valence-corrected chi connectivity index (χ1v) is 7.12. The molecule has 0 aromatic carbocycles. The van der Waals surface area contributed by atoms with Gasteiger partial charge in [-0.05, 0) is 18.4 Å². The molecule has 0 bridgehead atoms. The van der Waals surface area contributed by atoms with E-state index in [2.05, 4.69) is 10.3 Å². The maximum Gasteiger partial charge on any atom is 0.306 e. The second kappa shape index (κ2) is 7.09. The van der Waals surface area contributed by atoms with Crippen molar-refractivity contribution in [3.05, 3.63) is 21.8 Å². The lowest BCUT2D eigenvalue weighted by Gasteiger charge is -2.16. The number of nitrogens with one attached hydrogen (secondary N) is 1. The molecule has 0 aliphatic rings. The summed E-state index contributed by atoms with van der Waals surface area (Å²) in [5.41, 5.74) is 0.354. The average Bonchev–Trinajstić information content (AvgIpc) is 2.31. The van der Waals surface area contributed by atoms with Gasteiger partial charge in [-0.3, -0.25) is 9.59 Å². The molecule has 1 aromatic rings. The van der Waals surface area contributed by atoms with Crippen LogP contribution in [0.1, 0.15) is 32.9 Å². The lowest BCUT2D eigenvalue weighted by molar-refractivity contribution is -0.149. The summed E-state index contributed by atoms with van der Waals surface area (Å²) in [6, 6.07) is 1.49. The smallest absolute Gasteiger partial charge is 0.306 e. The summed E-state index contributed by atoms with van der Waals surface area (Å²) in [5.74, 6) is -0.743. The van der Waals surface area contributed by atoms with E-state index in [-0.39, 0.29) is 29.3 Å². The number of nitrogens with zero attached hydrogens (tertiary/aromatic N) is 1. The highest BCUT2D eigenvalue weighted by Crippen LogP contribution is 2.25. The molecule has 0 aliphatic carbocycles. The van der Waals surface area contributed by atoms with Crippen molar-refractivity contribution in [3.8, 4) is 0 Å². The third-order valence-electron chi connectivity index (χ3n) is 2.40. The van der Waals surface area contributed by atoms with E-state index in [9.17, 15) is 9.59 Å². The third-order valence-corrected chi connectivity index (χ3v) is 3.07. The van der Waals surface area contributed by atoms with E-state index >= 15 is 0 Å². The summed E-state index contributed by atoms with van der Waals surface area (Å²) in [7, 11) is 0. The van der Waals surface area contributed by atoms with Gasteiger partial charge in [0.05, 0.1) is 22.2 Å². The zero-order valence-electron chi connectivity index (χ0n) is 12.4. The van der Waals surface area contributed by atoms with Gasteiger partial charge in [-0.2, -0.15) is 0 Å². The topological polar surface area (TPSA) is 68.3 Å². The Morgan fingerprint density at radius 3 is 2.48 bits per heavy atom. The molecule has 0 fully saturated rings. The molecular formula is C14H18Cl2N2O3. The zero-order valence-corrected chi connectivity index (χ0v) is 13.9. The standard InChI is InChI=1S/C14H18Cl2N2O3/c1-8-9(15)5-10(16)13(17-8)18-11(19)7-21-12(20)6-14(2,3)4/h5H,6-7H2,1-4H3,(H,17,18,19). The van der Waals surface area contributed by atoms with E-state index in [1.54, 1.807) is 6.92 Å². The van der Waals surface area contributed by atoms with Gasteiger partial charge >= 0.3 is 5.97 Å². The molecule has 116 valence electrons. The van der Waals surface area contributed by atoms with Gasteiger partial charge in [0.1, 0.15) is 0 Å². The van der Waals surface area contributed by atoms with Crippen molar-refractivity contribution in [2.24, 2.45) is 5.41 Å². The minimum Gasteiger partial charge on any atom is -0.456 e. The van der Waals surface area contributed by atoms with Gasteiger partial charge in [0.2, 0.25) is 0 Å². The van der Waals surface area contributed by atoms with Crippen LogP contribution in [0.4, 0.5) is 5.82 Å². The molecule has 1 N–H and O–H groups in total. The van der Waals surface area contributed by atoms with E-state index in [1.165, 1.54) is 6.07 Å². The summed E-state index contributed by atoms with van der Waals surface area (Å²) < 4.78 is 4.90. The maximum atomic E-state index is 11.7. The van der Waals surface area contributed by atoms with Crippen molar-refractivity contribution in [1.82, 2.24) is 4.98 Å². The number of aromatic nitrogens is 1. The average molecular weight is 333 g/mol. The van der Waals surface area contributed by atoms with Gasteiger partial charge in [0.25, 0.3) is 5.91 Å². The van der Waals surface area contributed by atoms with Crippen LogP contribution in [0.25, 0.3) is 0 Å². The summed E-state index contributed by atoms with van der Waals surface area (Å²) in [6.07, 6.45) is 0.235. The first kappa shape index (κ1) is 17.7. The number of pyridine rings is 1. The van der Waals surface area contributed by atoms with Crippen LogP contribution >= 0.6 is 23.2 Å². The molecule has 5 nitrogen and oxygen atoms in total. The number of amides is 1. The summed E-state index contributed by atoms with van der Waals surface area (Å²) >= 11 is 11.8. The fourth-order valence-electron chi connectivity index (χ4n) is 1.44. The Kier molecular flexibility index (Phi) is 5.98. The van der Waals surface area contributed by atoms with Crippen LogP contribution in [-0.4, -0.2) is 23.5 Å². The van der Waals surface area contributed by atoms with Crippen molar-refractivity contribution >= 4 is 40.9 Å². The molecule has 0 saturated heterocycles. The van der Waals surface area contributed by atoms with Crippen molar-refractivity contribution in [1.29, 1.82) is 0 Å². The van der Waals surface area contributed by atoms with Crippen LogP contribution < -0.4 is 5.32 Å². The lowest BCUT2D eigenvalue weighted by atomic mass is 9.93. The highest BCUT2D eigenvalue weighted by atomic mass is 35.5. The number of hydrogen-bond donors (Lipinski definition) is 1. The van der Waals surface area contributed by atoms with Crippen LogP contribution in [0.2, 0.25) is 10.0 Å². The molecule has 0 unspecified atom stereocenters. The zero-order chi connectivity index (χ0) is 16.2. The third kappa shape index (κ3) is 6.31. The minimum absolute atomic E-state index is 0.189. The van der Waals surface area contributed by atoms with Crippen LogP contribution in [0.3, 0.4) is 0 Å². The Morgan fingerprint density at radius 2 is 1.90 bits per heavy atom. The summed E-state index contributed by atoms with van der Waals surface area (Å²) in [5, 5.41) is 3.11. The minimum atomic E-state index is -0.506. The van der Waals surface area contributed by atoms with Crippen molar-refractivity contribution in [3.63, 3.8) is 0 Å². The van der Waals surface area contributed by atoms with Crippen molar-refractivity contribution < 1.29 is 14.3 Å². The highest BCUT2D eigenvalue weighted by molar-refractivity contribution is 6.36. The van der Waals surface area contributed by atoms with Crippen molar-refractivity contribution in [2.75, 3.05) is 11.9 Å². The fourth-order valence-corrected chi connectivity index (χ4v) is 1.85. The van der Waals surface area contributed by atoms with Gasteiger partial charge < -0.3 is 10.1 Å². The normalized spacial score (nSPS) is 11.1. The molecule has 0 aliphatic heterocycles. The van der Waals surface area contributed by atoms with E-state index < -0.39 is 11.9 Å². The summed E-state index contributed by atoms with van der Waals surface area (Å²) in [4.78, 5) is 27.3. The Bertz CT molecular complexity index is 554. The number of esters is 1.